The summed E-state index contributed by atoms with van der Waals surface area (Å²) in [7, 11) is 2.19. The molecule has 1 saturated heterocycles. The lowest BCUT2D eigenvalue weighted by atomic mass is 9.62. The molecular weight excluding hydrogens is 376 g/mol. The molecule has 31 heavy (non-hydrogen) atoms. The number of likely N-dealkylation sites (N-methyl/N-ethyl adjacent to an activating group) is 1. The third kappa shape index (κ3) is 5.70. The minimum absolute atomic E-state index is 0.0296. The zero-order valence-electron chi connectivity index (χ0n) is 22.5. The molecule has 1 aliphatic heterocycles. The van der Waals surface area contributed by atoms with E-state index in [-0.39, 0.29) is 21.7 Å². The van der Waals surface area contributed by atoms with Crippen molar-refractivity contribution in [2.45, 2.75) is 89.0 Å². The van der Waals surface area contributed by atoms with E-state index in [1.807, 2.05) is 6.20 Å². The van der Waals surface area contributed by atoms with Crippen LogP contribution in [0.1, 0.15) is 89.0 Å². The van der Waals surface area contributed by atoms with Crippen LogP contribution in [0.2, 0.25) is 0 Å². The van der Waals surface area contributed by atoms with Crippen molar-refractivity contribution in [2.24, 2.45) is 26.7 Å². The van der Waals surface area contributed by atoms with Crippen molar-refractivity contribution in [1.29, 1.82) is 0 Å². The summed E-state index contributed by atoms with van der Waals surface area (Å²) in [5, 5.41) is 0. The van der Waals surface area contributed by atoms with Gasteiger partial charge in [0.25, 0.3) is 0 Å². The second-order valence-corrected chi connectivity index (χ2v) is 11.4. The van der Waals surface area contributed by atoms with Gasteiger partial charge in [-0.05, 0) is 24.1 Å². The van der Waals surface area contributed by atoms with Crippen LogP contribution in [0.3, 0.4) is 0 Å². The first-order valence-corrected chi connectivity index (χ1v) is 11.9. The van der Waals surface area contributed by atoms with Gasteiger partial charge >= 0.3 is 0 Å². The number of likely N-dealkylation sites (tertiary alicyclic amines) is 1. The fourth-order valence-corrected chi connectivity index (χ4v) is 4.07. The number of hydrogen-bond acceptors (Lipinski definition) is 2. The molecule has 0 aromatic carbocycles. The number of allylic oxidation sites excluding steroid dienone is 7. The summed E-state index contributed by atoms with van der Waals surface area (Å²) in [6, 6.07) is 0. The van der Waals surface area contributed by atoms with E-state index in [9.17, 15) is 0 Å². The third-order valence-electron chi connectivity index (χ3n) is 6.67. The van der Waals surface area contributed by atoms with E-state index in [0.717, 1.165) is 6.42 Å². The first-order chi connectivity index (χ1) is 14.1. The Bertz CT molecular complexity index is 806. The van der Waals surface area contributed by atoms with Gasteiger partial charge in [0.1, 0.15) is 0 Å². The molecule has 0 radical (unpaired) electrons. The number of fused-ring (bicyclic) bond motifs is 1. The molecule has 1 atom stereocenters. The average Bonchev–Trinajstić information content (AvgIpc) is 2.63. The molecule has 0 aromatic heterocycles. The predicted molar refractivity (Wildman–Crippen MR) is 140 cm³/mol. The zero-order chi connectivity index (χ0) is 24.3. The Balaban J connectivity index is 0.00000151. The summed E-state index contributed by atoms with van der Waals surface area (Å²) in [5.41, 5.74) is 5.00. The van der Waals surface area contributed by atoms with E-state index < -0.39 is 0 Å². The number of piperidine rings is 1. The minimum Gasteiger partial charge on any atom is -0.345 e. The van der Waals surface area contributed by atoms with Crippen LogP contribution in [0.4, 0.5) is 0 Å². The molecule has 0 saturated carbocycles. The topological polar surface area (TPSA) is 15.6 Å². The van der Waals surface area contributed by atoms with Gasteiger partial charge in [0, 0.05) is 46.5 Å². The van der Waals surface area contributed by atoms with Gasteiger partial charge in [0.15, 0.2) is 0 Å². The van der Waals surface area contributed by atoms with Crippen molar-refractivity contribution in [3.8, 4) is 0 Å². The van der Waals surface area contributed by atoms with Crippen molar-refractivity contribution in [2.75, 3.05) is 7.05 Å². The molecule has 174 valence electrons. The van der Waals surface area contributed by atoms with Crippen molar-refractivity contribution in [3.05, 3.63) is 59.1 Å². The maximum Gasteiger partial charge on any atom is 0.0424 e. The summed E-state index contributed by atoms with van der Waals surface area (Å²) >= 11 is 0. The van der Waals surface area contributed by atoms with Crippen LogP contribution in [-0.4, -0.2) is 18.7 Å². The lowest BCUT2D eigenvalue weighted by Crippen LogP contribution is -2.40. The third-order valence-corrected chi connectivity index (χ3v) is 6.67. The van der Waals surface area contributed by atoms with Gasteiger partial charge < -0.3 is 4.90 Å². The summed E-state index contributed by atoms with van der Waals surface area (Å²) in [6.45, 7) is 28.8. The van der Waals surface area contributed by atoms with Crippen molar-refractivity contribution in [1.82, 2.24) is 4.90 Å². The smallest absolute Gasteiger partial charge is 0.0424 e. The number of rotatable bonds is 2. The van der Waals surface area contributed by atoms with Crippen LogP contribution in [0.15, 0.2) is 64.1 Å². The van der Waals surface area contributed by atoms with Crippen molar-refractivity contribution >= 4 is 6.72 Å². The van der Waals surface area contributed by atoms with Crippen molar-refractivity contribution < 1.29 is 0 Å². The van der Waals surface area contributed by atoms with E-state index in [2.05, 4.69) is 130 Å². The highest BCUT2D eigenvalue weighted by Crippen LogP contribution is 2.54. The SMILES string of the molecule is C=N/C=C1\C(=C/CC)N(C)C2=C/C(C)(C(C)(C)C)/C=C\C(C)(C)/C=C\2C1(C)C.CCC. The maximum atomic E-state index is 4.17. The van der Waals surface area contributed by atoms with E-state index in [1.165, 1.54) is 29.0 Å². The van der Waals surface area contributed by atoms with Gasteiger partial charge in [-0.25, -0.2) is 0 Å². The number of nitrogens with zero attached hydrogens (tertiary/aromatic N) is 2. The van der Waals surface area contributed by atoms with Gasteiger partial charge in [0.05, 0.1) is 0 Å². The number of aliphatic imine (C=N–C) groups is 1. The second kappa shape index (κ2) is 9.76. The first-order valence-electron chi connectivity index (χ1n) is 11.9. The van der Waals surface area contributed by atoms with Crippen LogP contribution in [0.25, 0.3) is 0 Å². The van der Waals surface area contributed by atoms with Gasteiger partial charge in [-0.3, -0.25) is 4.99 Å². The Hall–Kier alpha value is -1.83. The Morgan fingerprint density at radius 1 is 1.00 bits per heavy atom. The Kier molecular flexibility index (Phi) is 8.56. The zero-order valence-corrected chi connectivity index (χ0v) is 22.5. The standard InChI is InChI=1S/C26H40N2.C3H8/c1-12-13-21-20(18-27-10)25(7,8)19-16-24(5,6)14-15-26(9,23(2,3)4)17-22(19)28(21)11;1-3-2/h13-18H,10,12H2,1-9,11H3;3H2,1-2H3/b15-14-,19-16+,20-18+,21-13+,22-17+;. The Labute approximate surface area is 193 Å². The maximum absolute atomic E-state index is 4.17. The molecule has 1 heterocycles. The van der Waals surface area contributed by atoms with Crippen LogP contribution in [0, 0.1) is 21.7 Å². The normalized spacial score (nSPS) is 31.8. The fourth-order valence-electron chi connectivity index (χ4n) is 4.07. The fraction of sp³-hybridized carbons (Fsp3) is 0.621. The molecule has 1 fully saturated rings. The second-order valence-electron chi connectivity index (χ2n) is 11.4. The van der Waals surface area contributed by atoms with Gasteiger partial charge in [-0.2, -0.15) is 0 Å². The van der Waals surface area contributed by atoms with Crippen LogP contribution < -0.4 is 0 Å². The summed E-state index contributed by atoms with van der Waals surface area (Å²) in [5.74, 6) is 0. The predicted octanol–water partition coefficient (Wildman–Crippen LogP) is 8.71. The largest absolute Gasteiger partial charge is 0.345 e. The highest BCUT2D eigenvalue weighted by atomic mass is 15.1. The van der Waals surface area contributed by atoms with Crippen LogP contribution >= 0.6 is 0 Å². The molecule has 1 unspecified atom stereocenters. The first kappa shape index (κ1) is 27.2. The lowest BCUT2D eigenvalue weighted by Gasteiger charge is -2.49. The van der Waals surface area contributed by atoms with E-state index in [4.69, 9.17) is 0 Å². The highest BCUT2D eigenvalue weighted by molar-refractivity contribution is 5.57. The molecule has 2 heteroatoms. The molecule has 0 spiro atoms. The Morgan fingerprint density at radius 3 is 2.00 bits per heavy atom. The molecule has 0 N–H and O–H groups in total. The molecule has 0 aromatic rings. The van der Waals surface area contributed by atoms with E-state index in [0.29, 0.717) is 0 Å². The van der Waals surface area contributed by atoms with Gasteiger partial charge in [0.2, 0.25) is 0 Å². The van der Waals surface area contributed by atoms with Gasteiger partial charge in [-0.1, -0.05) is 113 Å². The molecule has 0 amide bonds. The summed E-state index contributed by atoms with van der Waals surface area (Å²) in [6.07, 6.45) is 16.2. The molecule has 2 nitrogen and oxygen atoms in total. The van der Waals surface area contributed by atoms with Crippen molar-refractivity contribution in [3.63, 3.8) is 0 Å². The quantitative estimate of drug-likeness (QED) is 0.319. The molecule has 0 bridgehead atoms. The average molecular weight is 425 g/mol. The molecular formula is C29H48N2. The monoisotopic (exact) mass is 424 g/mol. The van der Waals surface area contributed by atoms with Crippen LogP contribution in [0.5, 0.6) is 0 Å². The lowest BCUT2D eigenvalue weighted by molar-refractivity contribution is 0.220. The number of hydrogen-bond donors (Lipinski definition) is 0. The van der Waals surface area contributed by atoms with Crippen LogP contribution in [-0.2, 0) is 0 Å². The van der Waals surface area contributed by atoms with Gasteiger partial charge in [-0.15, -0.1) is 0 Å². The highest BCUT2D eigenvalue weighted by Gasteiger charge is 2.44. The molecule has 2 aliphatic rings. The molecule has 2 rings (SSSR count). The van der Waals surface area contributed by atoms with E-state index in [1.54, 1.807) is 0 Å². The summed E-state index contributed by atoms with van der Waals surface area (Å²) in [4.78, 5) is 6.52. The molecule has 1 aliphatic carbocycles. The minimum atomic E-state index is -0.151. The van der Waals surface area contributed by atoms with E-state index >= 15 is 0 Å². The summed E-state index contributed by atoms with van der Waals surface area (Å²) < 4.78 is 0. The Morgan fingerprint density at radius 2 is 1.55 bits per heavy atom.